The van der Waals surface area contributed by atoms with Gasteiger partial charge in [-0.3, -0.25) is 18.7 Å². The number of rotatable bonds is 6. The van der Waals surface area contributed by atoms with Crippen molar-refractivity contribution in [2.75, 3.05) is 6.54 Å². The molecule has 1 atom stereocenters. The van der Waals surface area contributed by atoms with E-state index >= 15 is 0 Å². The van der Waals surface area contributed by atoms with Crippen molar-refractivity contribution < 1.29 is 9.59 Å². The minimum Gasteiger partial charge on any atom is -0.364 e. The zero-order valence-corrected chi connectivity index (χ0v) is 18.5. The van der Waals surface area contributed by atoms with Gasteiger partial charge in [0.25, 0.3) is 5.91 Å². The lowest BCUT2D eigenvalue weighted by atomic mass is 10.00. The molecule has 3 aromatic rings. The van der Waals surface area contributed by atoms with Gasteiger partial charge < -0.3 is 10.6 Å². The van der Waals surface area contributed by atoms with Crippen LogP contribution in [0.15, 0.2) is 22.3 Å². The summed E-state index contributed by atoms with van der Waals surface area (Å²) in [4.78, 5) is 50.2. The Hall–Kier alpha value is -3.01. The molecule has 4 heterocycles. The van der Waals surface area contributed by atoms with Crippen molar-refractivity contribution >= 4 is 34.3 Å². The Balaban J connectivity index is 1.85. The Morgan fingerprint density at radius 1 is 1.23 bits per heavy atom. The van der Waals surface area contributed by atoms with Crippen molar-refractivity contribution in [1.29, 1.82) is 0 Å². The molecule has 31 heavy (non-hydrogen) atoms. The number of hydrogen-bond acceptors (Lipinski definition) is 6. The van der Waals surface area contributed by atoms with E-state index in [2.05, 4.69) is 16.9 Å². The summed E-state index contributed by atoms with van der Waals surface area (Å²) in [5.41, 5.74) is 5.74. The first-order valence-electron chi connectivity index (χ1n) is 10.6. The maximum Gasteiger partial charge on any atom is 0.330 e. The zero-order chi connectivity index (χ0) is 22.1. The van der Waals surface area contributed by atoms with Gasteiger partial charge in [0.1, 0.15) is 12.1 Å². The maximum atomic E-state index is 13.2. The van der Waals surface area contributed by atoms with E-state index in [0.717, 1.165) is 30.6 Å². The summed E-state index contributed by atoms with van der Waals surface area (Å²) in [5.74, 6) is -0.560. The van der Waals surface area contributed by atoms with Crippen LogP contribution in [0.2, 0.25) is 0 Å². The fourth-order valence-electron chi connectivity index (χ4n) is 4.31. The lowest BCUT2D eigenvalue weighted by Crippen LogP contribution is -2.45. The van der Waals surface area contributed by atoms with Crippen LogP contribution in [0.1, 0.15) is 50.0 Å². The third kappa shape index (κ3) is 3.76. The van der Waals surface area contributed by atoms with Gasteiger partial charge in [-0.05, 0) is 44.1 Å². The van der Waals surface area contributed by atoms with Crippen LogP contribution < -0.4 is 11.4 Å². The number of piperidine rings is 1. The molecule has 2 N–H and O–H groups in total. The molecule has 0 spiro atoms. The molecule has 10 heteroatoms. The summed E-state index contributed by atoms with van der Waals surface area (Å²) in [6.07, 6.45) is 3.89. The molecule has 164 valence electrons. The number of aromatic nitrogens is 4. The van der Waals surface area contributed by atoms with E-state index in [1.807, 2.05) is 29.3 Å². The van der Waals surface area contributed by atoms with Gasteiger partial charge in [-0.2, -0.15) is 0 Å². The second-order valence-corrected chi connectivity index (χ2v) is 8.62. The number of hydrogen-bond donors (Lipinski definition) is 1. The molecule has 0 saturated carbocycles. The fraction of sp³-hybridized carbons (Fsp3) is 0.476. The normalized spacial score (nSPS) is 16.7. The highest BCUT2D eigenvalue weighted by Crippen LogP contribution is 2.25. The van der Waals surface area contributed by atoms with Crippen LogP contribution in [0, 0.1) is 0 Å². The van der Waals surface area contributed by atoms with E-state index in [1.165, 1.54) is 20.5 Å². The smallest absolute Gasteiger partial charge is 0.330 e. The van der Waals surface area contributed by atoms with E-state index in [4.69, 9.17) is 5.73 Å². The summed E-state index contributed by atoms with van der Waals surface area (Å²) >= 11 is 1.43. The standard InChI is InChI=1S/C21H26N6O3S/c1-3-13-8-5-6-10-26(13)15(28)12-27-17-16(18(22)29)23-19(14-9-7-11-31-14)24-20(17)25(4-2)21(27)30/h7,9,11,13H,3-6,8,10,12H2,1-2H3,(H2,22,29)/t13-/m1/s1. The highest BCUT2D eigenvalue weighted by atomic mass is 32.1. The molecule has 0 aliphatic carbocycles. The summed E-state index contributed by atoms with van der Waals surface area (Å²) in [6.45, 7) is 4.75. The second kappa shape index (κ2) is 8.62. The quantitative estimate of drug-likeness (QED) is 0.628. The predicted octanol–water partition coefficient (Wildman–Crippen LogP) is 2.23. The number of thiophene rings is 1. The summed E-state index contributed by atoms with van der Waals surface area (Å²) in [7, 11) is 0. The summed E-state index contributed by atoms with van der Waals surface area (Å²) in [5, 5.41) is 1.88. The third-order valence-electron chi connectivity index (χ3n) is 5.86. The fourth-order valence-corrected chi connectivity index (χ4v) is 4.97. The van der Waals surface area contributed by atoms with Crippen molar-refractivity contribution in [3.05, 3.63) is 33.7 Å². The number of primary amides is 1. The number of imidazole rings is 1. The molecule has 1 saturated heterocycles. The number of amides is 2. The van der Waals surface area contributed by atoms with E-state index in [0.29, 0.717) is 24.6 Å². The van der Waals surface area contributed by atoms with Gasteiger partial charge in [0.15, 0.2) is 17.2 Å². The van der Waals surface area contributed by atoms with Crippen molar-refractivity contribution in [3.63, 3.8) is 0 Å². The molecular formula is C21H26N6O3S. The van der Waals surface area contributed by atoms with Crippen LogP contribution in [0.5, 0.6) is 0 Å². The Bertz CT molecular complexity index is 1180. The van der Waals surface area contributed by atoms with E-state index in [1.54, 1.807) is 0 Å². The molecular weight excluding hydrogens is 416 g/mol. The number of carbonyl (C=O) groups is 2. The van der Waals surface area contributed by atoms with Gasteiger partial charge in [-0.15, -0.1) is 11.3 Å². The van der Waals surface area contributed by atoms with E-state index in [-0.39, 0.29) is 29.7 Å². The van der Waals surface area contributed by atoms with Crippen molar-refractivity contribution in [3.8, 4) is 10.7 Å². The van der Waals surface area contributed by atoms with Crippen molar-refractivity contribution in [1.82, 2.24) is 24.0 Å². The minimum atomic E-state index is -0.760. The number of carbonyl (C=O) groups excluding carboxylic acids is 2. The topological polar surface area (TPSA) is 116 Å². The summed E-state index contributed by atoms with van der Waals surface area (Å²) < 4.78 is 2.77. The SMILES string of the molecule is CC[C@@H]1CCCCN1C(=O)Cn1c(=O)n(CC)c2nc(-c3cccs3)nc(C(N)=O)c21. The van der Waals surface area contributed by atoms with Gasteiger partial charge in [-0.25, -0.2) is 14.8 Å². The first-order valence-corrected chi connectivity index (χ1v) is 11.5. The van der Waals surface area contributed by atoms with Gasteiger partial charge >= 0.3 is 5.69 Å². The molecule has 3 aromatic heterocycles. The lowest BCUT2D eigenvalue weighted by Gasteiger charge is -2.35. The first kappa shape index (κ1) is 21.2. The molecule has 1 aliphatic heterocycles. The average Bonchev–Trinajstić information content (AvgIpc) is 3.40. The molecule has 1 fully saturated rings. The number of fused-ring (bicyclic) bond motifs is 1. The van der Waals surface area contributed by atoms with Crippen LogP contribution >= 0.6 is 11.3 Å². The molecule has 0 radical (unpaired) electrons. The van der Waals surface area contributed by atoms with E-state index in [9.17, 15) is 14.4 Å². The first-order chi connectivity index (χ1) is 15.0. The molecule has 9 nitrogen and oxygen atoms in total. The highest BCUT2D eigenvalue weighted by molar-refractivity contribution is 7.13. The molecule has 2 amide bonds. The van der Waals surface area contributed by atoms with Crippen LogP contribution in [0.4, 0.5) is 0 Å². The number of aryl methyl sites for hydroxylation is 1. The number of nitrogens with two attached hydrogens (primary N) is 1. The Kier molecular flexibility index (Phi) is 5.90. The van der Waals surface area contributed by atoms with Gasteiger partial charge in [0, 0.05) is 19.1 Å². The monoisotopic (exact) mass is 442 g/mol. The van der Waals surface area contributed by atoms with Gasteiger partial charge in [-0.1, -0.05) is 13.0 Å². The molecule has 0 bridgehead atoms. The largest absolute Gasteiger partial charge is 0.364 e. The van der Waals surface area contributed by atoms with Crippen molar-refractivity contribution in [2.24, 2.45) is 5.73 Å². The zero-order valence-electron chi connectivity index (χ0n) is 17.7. The molecule has 1 aliphatic rings. The van der Waals surface area contributed by atoms with Crippen LogP contribution in [0.3, 0.4) is 0 Å². The van der Waals surface area contributed by atoms with Crippen LogP contribution in [0.25, 0.3) is 21.9 Å². The average molecular weight is 443 g/mol. The Morgan fingerprint density at radius 2 is 2.03 bits per heavy atom. The highest BCUT2D eigenvalue weighted by Gasteiger charge is 2.29. The predicted molar refractivity (Wildman–Crippen MR) is 119 cm³/mol. The minimum absolute atomic E-state index is 0.0452. The summed E-state index contributed by atoms with van der Waals surface area (Å²) in [6, 6.07) is 3.87. The number of likely N-dealkylation sites (tertiary alicyclic amines) is 1. The lowest BCUT2D eigenvalue weighted by molar-refractivity contribution is -0.135. The maximum absolute atomic E-state index is 13.2. The molecule has 0 unspecified atom stereocenters. The van der Waals surface area contributed by atoms with Crippen molar-refractivity contribution in [2.45, 2.75) is 58.7 Å². The Labute approximate surface area is 183 Å². The second-order valence-electron chi connectivity index (χ2n) is 7.67. The van der Waals surface area contributed by atoms with Gasteiger partial charge in [0.2, 0.25) is 5.91 Å². The Morgan fingerprint density at radius 3 is 2.68 bits per heavy atom. The van der Waals surface area contributed by atoms with Crippen LogP contribution in [-0.2, 0) is 17.9 Å². The molecule has 0 aromatic carbocycles. The number of nitrogens with zero attached hydrogens (tertiary/aromatic N) is 5. The molecule has 4 rings (SSSR count). The third-order valence-corrected chi connectivity index (χ3v) is 6.72. The van der Waals surface area contributed by atoms with Gasteiger partial charge in [0.05, 0.1) is 4.88 Å². The van der Waals surface area contributed by atoms with Crippen LogP contribution in [-0.4, -0.2) is 48.4 Å². The van der Waals surface area contributed by atoms with E-state index < -0.39 is 11.6 Å².